The Bertz CT molecular complexity index is 773. The molecule has 1 fully saturated rings. The van der Waals surface area contributed by atoms with Crippen LogP contribution < -0.4 is 4.74 Å². The number of carbonyl (C=O) groups is 1. The van der Waals surface area contributed by atoms with Gasteiger partial charge in [0.05, 0.1) is 16.2 Å². The van der Waals surface area contributed by atoms with Gasteiger partial charge in [0, 0.05) is 38.3 Å². The third kappa shape index (κ3) is 4.47. The van der Waals surface area contributed by atoms with Crippen molar-refractivity contribution in [1.29, 1.82) is 0 Å². The Morgan fingerprint density at radius 3 is 2.31 bits per heavy atom. The summed E-state index contributed by atoms with van der Waals surface area (Å²) < 4.78 is 5.70. The predicted octanol–water partition coefficient (Wildman–Crippen LogP) is 4.35. The van der Waals surface area contributed by atoms with Crippen LogP contribution in [0, 0.1) is 0 Å². The Balaban J connectivity index is 1.62. The van der Waals surface area contributed by atoms with Gasteiger partial charge in [0.25, 0.3) is 5.91 Å². The first-order valence-corrected chi connectivity index (χ1v) is 9.32. The molecule has 0 aliphatic carbocycles. The number of nitrogens with zero attached hydrogens (tertiary/aromatic N) is 3. The average molecular weight is 394 g/mol. The summed E-state index contributed by atoms with van der Waals surface area (Å²) in [6.07, 6.45) is 1.54. The minimum Gasteiger partial charge on any atom is -0.456 e. The molecule has 138 valence electrons. The van der Waals surface area contributed by atoms with Gasteiger partial charge in [0.15, 0.2) is 0 Å². The van der Waals surface area contributed by atoms with Gasteiger partial charge in [-0.05, 0) is 38.1 Å². The molecule has 1 saturated heterocycles. The lowest BCUT2D eigenvalue weighted by atomic mass is 10.2. The van der Waals surface area contributed by atoms with Crippen molar-refractivity contribution >= 4 is 29.1 Å². The Labute approximate surface area is 163 Å². The fourth-order valence-corrected chi connectivity index (χ4v) is 3.14. The predicted molar refractivity (Wildman–Crippen MR) is 103 cm³/mol. The summed E-state index contributed by atoms with van der Waals surface area (Å²) in [7, 11) is 0. The van der Waals surface area contributed by atoms with Crippen molar-refractivity contribution in [3.05, 3.63) is 52.3 Å². The van der Waals surface area contributed by atoms with Gasteiger partial charge in [0.2, 0.25) is 0 Å². The van der Waals surface area contributed by atoms with Crippen LogP contribution in [0.3, 0.4) is 0 Å². The number of hydrogen-bond donors (Lipinski definition) is 0. The number of aromatic nitrogens is 1. The number of piperazine rings is 1. The molecule has 0 saturated carbocycles. The highest BCUT2D eigenvalue weighted by atomic mass is 35.5. The van der Waals surface area contributed by atoms with E-state index < -0.39 is 0 Å². The SMILES string of the molecule is CC(C)N1CCN(C(=O)c2ccc(Oc3ccc(Cl)c(Cl)c3)cn2)CC1. The molecule has 1 aromatic carbocycles. The lowest BCUT2D eigenvalue weighted by molar-refractivity contribution is 0.0590. The lowest BCUT2D eigenvalue weighted by Crippen LogP contribution is -2.50. The molecule has 26 heavy (non-hydrogen) atoms. The van der Waals surface area contributed by atoms with Crippen LogP contribution in [0.25, 0.3) is 0 Å². The zero-order chi connectivity index (χ0) is 18.7. The van der Waals surface area contributed by atoms with Gasteiger partial charge in [0.1, 0.15) is 17.2 Å². The monoisotopic (exact) mass is 393 g/mol. The topological polar surface area (TPSA) is 45.7 Å². The highest BCUT2D eigenvalue weighted by Gasteiger charge is 2.24. The van der Waals surface area contributed by atoms with Crippen LogP contribution in [0.2, 0.25) is 10.0 Å². The highest BCUT2D eigenvalue weighted by Crippen LogP contribution is 2.29. The second-order valence-corrected chi connectivity index (χ2v) is 7.29. The summed E-state index contributed by atoms with van der Waals surface area (Å²) in [5, 5.41) is 0.889. The van der Waals surface area contributed by atoms with Gasteiger partial charge in [-0.3, -0.25) is 9.69 Å². The molecule has 0 spiro atoms. The Hall–Kier alpha value is -1.82. The van der Waals surface area contributed by atoms with Crippen molar-refractivity contribution in [3.63, 3.8) is 0 Å². The molecule has 3 rings (SSSR count). The van der Waals surface area contributed by atoms with Gasteiger partial charge >= 0.3 is 0 Å². The maximum absolute atomic E-state index is 12.6. The summed E-state index contributed by atoms with van der Waals surface area (Å²) in [6.45, 7) is 7.57. The number of halogens is 2. The molecule has 5 nitrogen and oxygen atoms in total. The molecular weight excluding hydrogens is 373 g/mol. The number of carbonyl (C=O) groups excluding carboxylic acids is 1. The van der Waals surface area contributed by atoms with E-state index in [4.69, 9.17) is 27.9 Å². The number of ether oxygens (including phenoxy) is 1. The van der Waals surface area contributed by atoms with Crippen LogP contribution in [-0.4, -0.2) is 52.9 Å². The maximum Gasteiger partial charge on any atom is 0.272 e. The van der Waals surface area contributed by atoms with Crippen molar-refractivity contribution in [2.45, 2.75) is 19.9 Å². The van der Waals surface area contributed by atoms with Crippen LogP contribution in [0.15, 0.2) is 36.5 Å². The fourth-order valence-electron chi connectivity index (χ4n) is 2.85. The second kappa shape index (κ2) is 8.25. The molecule has 0 unspecified atom stereocenters. The minimum atomic E-state index is -0.0468. The van der Waals surface area contributed by atoms with Crippen molar-refractivity contribution in [1.82, 2.24) is 14.8 Å². The standard InChI is InChI=1S/C19H21Cl2N3O2/c1-13(2)23-7-9-24(10-8-23)19(25)18-6-4-15(12-22-18)26-14-3-5-16(20)17(21)11-14/h3-6,11-13H,7-10H2,1-2H3. The molecule has 2 aromatic rings. The largest absolute Gasteiger partial charge is 0.456 e. The molecule has 0 bridgehead atoms. The van der Waals surface area contributed by atoms with E-state index in [1.165, 1.54) is 0 Å². The molecule has 1 aromatic heterocycles. The fraction of sp³-hybridized carbons (Fsp3) is 0.368. The van der Waals surface area contributed by atoms with E-state index in [9.17, 15) is 4.79 Å². The normalized spacial score (nSPS) is 15.3. The first-order chi connectivity index (χ1) is 12.4. The van der Waals surface area contributed by atoms with Crippen LogP contribution >= 0.6 is 23.2 Å². The molecule has 0 radical (unpaired) electrons. The summed E-state index contributed by atoms with van der Waals surface area (Å²) >= 11 is 11.9. The summed E-state index contributed by atoms with van der Waals surface area (Å²) in [5.74, 6) is 1.05. The van der Waals surface area contributed by atoms with Crippen molar-refractivity contribution < 1.29 is 9.53 Å². The molecular formula is C19H21Cl2N3O2. The van der Waals surface area contributed by atoms with Gasteiger partial charge < -0.3 is 9.64 Å². The van der Waals surface area contributed by atoms with Crippen molar-refractivity contribution in [2.75, 3.05) is 26.2 Å². The zero-order valence-electron chi connectivity index (χ0n) is 14.8. The molecule has 1 aliphatic rings. The van der Waals surface area contributed by atoms with E-state index in [-0.39, 0.29) is 5.91 Å². The van der Waals surface area contributed by atoms with E-state index in [2.05, 4.69) is 23.7 Å². The van der Waals surface area contributed by atoms with E-state index in [0.717, 1.165) is 26.2 Å². The first kappa shape index (κ1) is 19.0. The molecule has 1 aliphatic heterocycles. The molecule has 0 atom stereocenters. The van der Waals surface area contributed by atoms with Crippen LogP contribution in [0.4, 0.5) is 0 Å². The summed E-state index contributed by atoms with van der Waals surface area (Å²) in [5.41, 5.74) is 0.421. The van der Waals surface area contributed by atoms with Gasteiger partial charge in [-0.25, -0.2) is 4.98 Å². The highest BCUT2D eigenvalue weighted by molar-refractivity contribution is 6.42. The van der Waals surface area contributed by atoms with Crippen LogP contribution in [0.1, 0.15) is 24.3 Å². The maximum atomic E-state index is 12.6. The summed E-state index contributed by atoms with van der Waals surface area (Å²) in [4.78, 5) is 21.1. The van der Waals surface area contributed by atoms with E-state index in [1.807, 2.05) is 4.90 Å². The summed E-state index contributed by atoms with van der Waals surface area (Å²) in [6, 6.07) is 8.94. The third-order valence-corrected chi connectivity index (χ3v) is 5.15. The minimum absolute atomic E-state index is 0.0468. The third-order valence-electron chi connectivity index (χ3n) is 4.41. The smallest absolute Gasteiger partial charge is 0.272 e. The number of hydrogen-bond acceptors (Lipinski definition) is 4. The van der Waals surface area contributed by atoms with Gasteiger partial charge in [-0.15, -0.1) is 0 Å². The second-order valence-electron chi connectivity index (χ2n) is 6.48. The van der Waals surface area contributed by atoms with E-state index >= 15 is 0 Å². The Morgan fingerprint density at radius 1 is 1.04 bits per heavy atom. The number of rotatable bonds is 4. The lowest BCUT2D eigenvalue weighted by Gasteiger charge is -2.36. The van der Waals surface area contributed by atoms with Gasteiger partial charge in [-0.1, -0.05) is 23.2 Å². The molecule has 7 heteroatoms. The zero-order valence-corrected chi connectivity index (χ0v) is 16.3. The quantitative estimate of drug-likeness (QED) is 0.774. The Kier molecular flexibility index (Phi) is 6.01. The number of pyridine rings is 1. The molecule has 0 N–H and O–H groups in total. The molecule has 1 amide bonds. The number of benzene rings is 1. The van der Waals surface area contributed by atoms with Crippen molar-refractivity contribution in [3.8, 4) is 11.5 Å². The average Bonchev–Trinajstić information content (AvgIpc) is 2.65. The van der Waals surface area contributed by atoms with Crippen LogP contribution in [-0.2, 0) is 0 Å². The van der Waals surface area contributed by atoms with E-state index in [1.54, 1.807) is 36.5 Å². The van der Waals surface area contributed by atoms with Crippen LogP contribution in [0.5, 0.6) is 11.5 Å². The first-order valence-electron chi connectivity index (χ1n) is 8.56. The molecule has 2 heterocycles. The van der Waals surface area contributed by atoms with E-state index in [0.29, 0.717) is 33.3 Å². The number of amides is 1. The van der Waals surface area contributed by atoms with Crippen molar-refractivity contribution in [2.24, 2.45) is 0 Å². The Morgan fingerprint density at radius 2 is 1.73 bits per heavy atom. The van der Waals surface area contributed by atoms with Gasteiger partial charge in [-0.2, -0.15) is 0 Å².